The summed E-state index contributed by atoms with van der Waals surface area (Å²) in [4.78, 5) is 1.35. The highest BCUT2D eigenvalue weighted by atomic mass is 32.1. The van der Waals surface area contributed by atoms with Crippen LogP contribution in [0.3, 0.4) is 0 Å². The smallest absolute Gasteiger partial charge is 0.118 e. The highest BCUT2D eigenvalue weighted by Crippen LogP contribution is 2.36. The first-order valence-corrected chi connectivity index (χ1v) is 6.99. The van der Waals surface area contributed by atoms with Crippen molar-refractivity contribution >= 4 is 11.3 Å². The van der Waals surface area contributed by atoms with Crippen molar-refractivity contribution in [3.63, 3.8) is 0 Å². The molecule has 0 saturated heterocycles. The zero-order valence-corrected chi connectivity index (χ0v) is 10.8. The van der Waals surface area contributed by atoms with Crippen molar-refractivity contribution in [2.45, 2.75) is 32.3 Å². The molecule has 4 heteroatoms. The van der Waals surface area contributed by atoms with Crippen LogP contribution in [0.5, 0.6) is 0 Å². The van der Waals surface area contributed by atoms with Gasteiger partial charge in [0, 0.05) is 16.8 Å². The molecule has 18 heavy (non-hydrogen) atoms. The Kier molecular flexibility index (Phi) is 2.94. The Morgan fingerprint density at radius 2 is 2.22 bits per heavy atom. The van der Waals surface area contributed by atoms with Gasteiger partial charge >= 0.3 is 0 Å². The summed E-state index contributed by atoms with van der Waals surface area (Å²) in [5.41, 5.74) is 2.88. The number of aryl methyl sites for hydroxylation is 1. The average Bonchev–Trinajstić information content (AvgIpc) is 3.01. The summed E-state index contributed by atoms with van der Waals surface area (Å²) in [6, 6.07) is 6.15. The Labute approximate surface area is 110 Å². The number of aliphatic hydroxyl groups excluding tert-OH is 1. The fourth-order valence-electron chi connectivity index (χ4n) is 2.58. The molecule has 2 aromatic rings. The average molecular weight is 258 g/mol. The van der Waals surface area contributed by atoms with Gasteiger partial charge in [-0.3, -0.25) is 0 Å². The van der Waals surface area contributed by atoms with Gasteiger partial charge in [-0.05, 0) is 43.4 Å². The first-order chi connectivity index (χ1) is 8.85. The molecule has 0 saturated carbocycles. The first-order valence-electron chi connectivity index (χ1n) is 6.17. The molecule has 2 aromatic heterocycles. The number of thiophene rings is 1. The summed E-state index contributed by atoms with van der Waals surface area (Å²) in [6.07, 6.45) is 6.42. The number of fused-ring (bicyclic) bond motifs is 1. The number of aromatic nitrogens is 1. The van der Waals surface area contributed by atoms with E-state index in [1.807, 2.05) is 22.9 Å². The summed E-state index contributed by atoms with van der Waals surface area (Å²) in [5.74, 6) is 0. The van der Waals surface area contributed by atoms with Crippen molar-refractivity contribution in [1.82, 2.24) is 4.57 Å². The molecule has 0 fully saturated rings. The van der Waals surface area contributed by atoms with Crippen LogP contribution < -0.4 is 0 Å². The zero-order valence-electron chi connectivity index (χ0n) is 10.0. The molecule has 0 radical (unpaired) electrons. The molecule has 3 rings (SSSR count). The van der Waals surface area contributed by atoms with Gasteiger partial charge < -0.3 is 9.67 Å². The van der Waals surface area contributed by atoms with E-state index in [1.54, 1.807) is 11.3 Å². The number of aliphatic hydroxyl groups is 1. The third-order valence-electron chi connectivity index (χ3n) is 3.48. The molecule has 0 aliphatic heterocycles. The minimum atomic E-state index is 0.000432. The van der Waals surface area contributed by atoms with Crippen LogP contribution in [0.25, 0.3) is 5.00 Å². The maximum Gasteiger partial charge on any atom is 0.118 e. The van der Waals surface area contributed by atoms with E-state index in [0.29, 0.717) is 0 Å². The van der Waals surface area contributed by atoms with Crippen LogP contribution in [0, 0.1) is 11.3 Å². The van der Waals surface area contributed by atoms with E-state index in [1.165, 1.54) is 23.3 Å². The number of nitriles is 1. The van der Waals surface area contributed by atoms with Crippen LogP contribution in [0.1, 0.15) is 34.5 Å². The standard InChI is InChI=1S/C14H14N2OS/c15-8-12-11-5-1-2-6-13(11)18-14(12)16-7-3-4-10(16)9-17/h3-4,7,17H,1-2,5-6,9H2. The van der Waals surface area contributed by atoms with Crippen LogP contribution in [0.15, 0.2) is 18.3 Å². The zero-order chi connectivity index (χ0) is 12.5. The summed E-state index contributed by atoms with van der Waals surface area (Å²) >= 11 is 1.70. The van der Waals surface area contributed by atoms with Crippen molar-refractivity contribution in [3.8, 4) is 11.1 Å². The van der Waals surface area contributed by atoms with E-state index >= 15 is 0 Å². The number of hydrogen-bond acceptors (Lipinski definition) is 3. The monoisotopic (exact) mass is 258 g/mol. The van der Waals surface area contributed by atoms with Gasteiger partial charge in [0.05, 0.1) is 12.2 Å². The number of nitrogens with zero attached hydrogens (tertiary/aromatic N) is 2. The molecule has 0 unspecified atom stereocenters. The van der Waals surface area contributed by atoms with E-state index in [4.69, 9.17) is 0 Å². The lowest BCUT2D eigenvalue weighted by molar-refractivity contribution is 0.275. The summed E-state index contributed by atoms with van der Waals surface area (Å²) in [6.45, 7) is 0.000432. The van der Waals surface area contributed by atoms with Gasteiger partial charge in [0.2, 0.25) is 0 Å². The lowest BCUT2D eigenvalue weighted by atomic mass is 9.96. The summed E-state index contributed by atoms with van der Waals surface area (Å²) in [7, 11) is 0. The molecular weight excluding hydrogens is 244 g/mol. The van der Waals surface area contributed by atoms with Crippen molar-refractivity contribution in [1.29, 1.82) is 5.26 Å². The highest BCUT2D eigenvalue weighted by molar-refractivity contribution is 7.15. The van der Waals surface area contributed by atoms with Crippen molar-refractivity contribution in [2.75, 3.05) is 0 Å². The molecule has 1 N–H and O–H groups in total. The largest absolute Gasteiger partial charge is 0.390 e. The van der Waals surface area contributed by atoms with Crippen LogP contribution in [0.4, 0.5) is 0 Å². The van der Waals surface area contributed by atoms with Gasteiger partial charge in [0.25, 0.3) is 0 Å². The van der Waals surface area contributed by atoms with Crippen molar-refractivity contribution in [3.05, 3.63) is 40.0 Å². The second kappa shape index (κ2) is 4.60. The van der Waals surface area contributed by atoms with Crippen LogP contribution in [-0.4, -0.2) is 9.67 Å². The molecule has 0 spiro atoms. The second-order valence-electron chi connectivity index (χ2n) is 4.53. The van der Waals surface area contributed by atoms with E-state index in [0.717, 1.165) is 29.1 Å². The SMILES string of the molecule is N#Cc1c(-n2cccc2CO)sc2c1CCCC2. The Morgan fingerprint density at radius 3 is 3.00 bits per heavy atom. The van der Waals surface area contributed by atoms with Gasteiger partial charge in [-0.25, -0.2) is 0 Å². The van der Waals surface area contributed by atoms with E-state index in [2.05, 4.69) is 6.07 Å². The molecular formula is C14H14N2OS. The van der Waals surface area contributed by atoms with Crippen LogP contribution in [-0.2, 0) is 19.4 Å². The predicted octanol–water partition coefficient (Wildman–Crippen LogP) is 2.78. The Balaban J connectivity index is 2.18. The maximum absolute atomic E-state index is 9.41. The fraction of sp³-hybridized carbons (Fsp3) is 0.357. The third kappa shape index (κ3) is 1.67. The molecule has 1 aliphatic rings. The van der Waals surface area contributed by atoms with Gasteiger partial charge in [-0.15, -0.1) is 11.3 Å². The number of rotatable bonds is 2. The molecule has 2 heterocycles. The van der Waals surface area contributed by atoms with E-state index in [-0.39, 0.29) is 6.61 Å². The van der Waals surface area contributed by atoms with Gasteiger partial charge in [0.1, 0.15) is 11.1 Å². The maximum atomic E-state index is 9.41. The third-order valence-corrected chi connectivity index (χ3v) is 4.77. The lowest BCUT2D eigenvalue weighted by Gasteiger charge is -2.09. The molecule has 92 valence electrons. The Hall–Kier alpha value is -1.57. The first kappa shape index (κ1) is 11.5. The summed E-state index contributed by atoms with van der Waals surface area (Å²) in [5, 5.41) is 19.7. The molecule has 3 nitrogen and oxygen atoms in total. The quantitative estimate of drug-likeness (QED) is 0.900. The molecule has 0 atom stereocenters. The molecule has 0 bridgehead atoms. The topological polar surface area (TPSA) is 49.0 Å². The van der Waals surface area contributed by atoms with E-state index in [9.17, 15) is 10.4 Å². The van der Waals surface area contributed by atoms with Crippen molar-refractivity contribution in [2.24, 2.45) is 0 Å². The van der Waals surface area contributed by atoms with Gasteiger partial charge in [-0.2, -0.15) is 5.26 Å². The molecule has 0 aromatic carbocycles. The lowest BCUT2D eigenvalue weighted by Crippen LogP contribution is -2.01. The normalized spacial score (nSPS) is 14.2. The second-order valence-corrected chi connectivity index (χ2v) is 5.61. The Bertz CT molecular complexity index is 618. The Morgan fingerprint density at radius 1 is 1.39 bits per heavy atom. The minimum Gasteiger partial charge on any atom is -0.390 e. The van der Waals surface area contributed by atoms with Gasteiger partial charge in [-0.1, -0.05) is 0 Å². The number of hydrogen-bond donors (Lipinski definition) is 1. The predicted molar refractivity (Wildman–Crippen MR) is 70.9 cm³/mol. The fourth-order valence-corrected chi connectivity index (χ4v) is 3.93. The van der Waals surface area contributed by atoms with Gasteiger partial charge in [0.15, 0.2) is 0 Å². The van der Waals surface area contributed by atoms with Crippen molar-refractivity contribution < 1.29 is 5.11 Å². The van der Waals surface area contributed by atoms with Crippen LogP contribution >= 0.6 is 11.3 Å². The minimum absolute atomic E-state index is 0.000432. The molecule has 1 aliphatic carbocycles. The summed E-state index contributed by atoms with van der Waals surface area (Å²) < 4.78 is 1.95. The molecule has 0 amide bonds. The van der Waals surface area contributed by atoms with Crippen LogP contribution in [0.2, 0.25) is 0 Å². The highest BCUT2D eigenvalue weighted by Gasteiger charge is 2.22. The van der Waals surface area contributed by atoms with E-state index < -0.39 is 0 Å².